The molecule has 3 nitrogen and oxygen atoms in total. The second kappa shape index (κ2) is 5.84. The topological polar surface area (TPSA) is 41.1 Å². The van der Waals surface area contributed by atoms with Crippen LogP contribution >= 0.6 is 0 Å². The van der Waals surface area contributed by atoms with Gasteiger partial charge in [0.05, 0.1) is 6.04 Å². The van der Waals surface area contributed by atoms with Crippen molar-refractivity contribution in [2.75, 3.05) is 13.1 Å². The quantitative estimate of drug-likeness (QED) is 0.882. The van der Waals surface area contributed by atoms with Gasteiger partial charge < -0.3 is 10.6 Å². The van der Waals surface area contributed by atoms with E-state index in [2.05, 4.69) is 61.7 Å². The van der Waals surface area contributed by atoms with Gasteiger partial charge in [-0.1, -0.05) is 51.1 Å². The zero-order chi connectivity index (χ0) is 17.7. The molecule has 1 aliphatic heterocycles. The standard InChI is InChI=1S/C22H32N2O/c1-20(2)9-16-10-21(3,19(25)24-18-12-23-13-18)15-22(11-16,14-20)17-7-5-4-6-8-17/h4-8,16,18,23H,9-15H2,1-3H3,(H,24,25). The molecule has 0 radical (unpaired) electrons. The summed E-state index contributed by atoms with van der Waals surface area (Å²) < 4.78 is 0. The molecule has 1 heterocycles. The molecule has 2 aliphatic carbocycles. The van der Waals surface area contributed by atoms with Crippen LogP contribution in [0.1, 0.15) is 58.4 Å². The highest BCUT2D eigenvalue weighted by Gasteiger charge is 2.55. The first-order valence-electron chi connectivity index (χ1n) is 9.88. The molecule has 3 aliphatic rings. The summed E-state index contributed by atoms with van der Waals surface area (Å²) in [5, 5.41) is 6.56. The fraction of sp³-hybridized carbons (Fsp3) is 0.682. The lowest BCUT2D eigenvalue weighted by Gasteiger charge is -2.57. The number of nitrogens with one attached hydrogen (secondary N) is 2. The second-order valence-electron chi connectivity index (χ2n) is 10.0. The van der Waals surface area contributed by atoms with Gasteiger partial charge in [-0.15, -0.1) is 0 Å². The fourth-order valence-electron chi connectivity index (χ4n) is 6.24. The monoisotopic (exact) mass is 340 g/mol. The van der Waals surface area contributed by atoms with Gasteiger partial charge >= 0.3 is 0 Å². The third kappa shape index (κ3) is 3.12. The molecule has 3 unspecified atom stereocenters. The van der Waals surface area contributed by atoms with Crippen molar-refractivity contribution in [3.8, 4) is 0 Å². The smallest absolute Gasteiger partial charge is 0.226 e. The van der Waals surface area contributed by atoms with Crippen LogP contribution in [0.15, 0.2) is 30.3 Å². The zero-order valence-electron chi connectivity index (χ0n) is 15.9. The van der Waals surface area contributed by atoms with Gasteiger partial charge in [-0.2, -0.15) is 0 Å². The van der Waals surface area contributed by atoms with E-state index < -0.39 is 0 Å². The van der Waals surface area contributed by atoms with Crippen molar-refractivity contribution in [3.63, 3.8) is 0 Å². The van der Waals surface area contributed by atoms with E-state index in [1.807, 2.05) is 0 Å². The maximum Gasteiger partial charge on any atom is 0.226 e. The van der Waals surface area contributed by atoms with E-state index in [0.29, 0.717) is 17.4 Å². The lowest BCUT2D eigenvalue weighted by molar-refractivity contribution is -0.138. The Morgan fingerprint density at radius 3 is 2.40 bits per heavy atom. The molecule has 25 heavy (non-hydrogen) atoms. The number of hydrogen-bond acceptors (Lipinski definition) is 2. The first-order valence-corrected chi connectivity index (χ1v) is 9.88. The van der Waals surface area contributed by atoms with Crippen LogP contribution in [0.2, 0.25) is 0 Å². The van der Waals surface area contributed by atoms with Crippen molar-refractivity contribution < 1.29 is 4.79 Å². The number of fused-ring (bicyclic) bond motifs is 2. The van der Waals surface area contributed by atoms with Crippen molar-refractivity contribution in [2.24, 2.45) is 16.7 Å². The van der Waals surface area contributed by atoms with Crippen LogP contribution in [0.25, 0.3) is 0 Å². The van der Waals surface area contributed by atoms with Crippen LogP contribution in [0.5, 0.6) is 0 Å². The SMILES string of the molecule is CC1(C)CC2CC(C)(C(=O)NC3CNC3)CC(c3ccccc3)(C2)C1. The Labute approximate surface area is 152 Å². The Morgan fingerprint density at radius 1 is 1.04 bits per heavy atom. The molecule has 3 heteroatoms. The summed E-state index contributed by atoms with van der Waals surface area (Å²) in [7, 11) is 0. The largest absolute Gasteiger partial charge is 0.350 e. The van der Waals surface area contributed by atoms with E-state index in [0.717, 1.165) is 25.9 Å². The summed E-state index contributed by atoms with van der Waals surface area (Å²) in [4.78, 5) is 13.2. The maximum absolute atomic E-state index is 13.2. The molecule has 0 aromatic heterocycles. The molecule has 3 atom stereocenters. The average Bonchev–Trinajstić information content (AvgIpc) is 2.49. The summed E-state index contributed by atoms with van der Waals surface area (Å²) in [6.07, 6.45) is 5.70. The zero-order valence-corrected chi connectivity index (χ0v) is 15.9. The lowest BCUT2D eigenvalue weighted by atomic mass is 9.47. The fourth-order valence-corrected chi connectivity index (χ4v) is 6.24. The second-order valence-corrected chi connectivity index (χ2v) is 10.0. The Balaban J connectivity index is 1.66. The van der Waals surface area contributed by atoms with Gasteiger partial charge in [-0.25, -0.2) is 0 Å². The summed E-state index contributed by atoms with van der Waals surface area (Å²) in [6, 6.07) is 11.3. The van der Waals surface area contributed by atoms with Gasteiger partial charge in [0.25, 0.3) is 0 Å². The van der Waals surface area contributed by atoms with Crippen LogP contribution in [0, 0.1) is 16.7 Å². The predicted molar refractivity (Wildman–Crippen MR) is 101 cm³/mol. The molecular formula is C22H32N2O. The number of carbonyl (C=O) groups excluding carboxylic acids is 1. The highest BCUT2D eigenvalue weighted by Crippen LogP contribution is 2.61. The van der Waals surface area contributed by atoms with E-state index >= 15 is 0 Å². The number of benzene rings is 1. The van der Waals surface area contributed by atoms with Crippen molar-refractivity contribution in [2.45, 2.75) is 64.3 Å². The van der Waals surface area contributed by atoms with Crippen molar-refractivity contribution >= 4 is 5.91 Å². The molecule has 2 bridgehead atoms. The third-order valence-electron chi connectivity index (χ3n) is 6.86. The van der Waals surface area contributed by atoms with Gasteiger partial charge in [0.15, 0.2) is 0 Å². The first kappa shape index (κ1) is 17.1. The van der Waals surface area contributed by atoms with Gasteiger partial charge in [-0.3, -0.25) is 4.79 Å². The molecule has 1 amide bonds. The molecule has 2 N–H and O–H groups in total. The number of rotatable bonds is 3. The van der Waals surface area contributed by atoms with E-state index in [9.17, 15) is 4.79 Å². The van der Waals surface area contributed by atoms with E-state index in [4.69, 9.17) is 0 Å². The predicted octanol–water partition coefficient (Wildman–Crippen LogP) is 3.64. The third-order valence-corrected chi connectivity index (χ3v) is 6.86. The van der Waals surface area contributed by atoms with Crippen LogP contribution < -0.4 is 10.6 Å². The minimum absolute atomic E-state index is 0.149. The number of carbonyl (C=O) groups is 1. The molecule has 0 spiro atoms. The highest BCUT2D eigenvalue weighted by molar-refractivity contribution is 5.83. The van der Waals surface area contributed by atoms with E-state index in [-0.39, 0.29) is 16.7 Å². The number of amides is 1. The molecule has 1 aromatic rings. The summed E-state index contributed by atoms with van der Waals surface area (Å²) in [5.41, 5.74) is 1.70. The van der Waals surface area contributed by atoms with Gasteiger partial charge in [-0.05, 0) is 54.4 Å². The van der Waals surface area contributed by atoms with Gasteiger partial charge in [0.2, 0.25) is 5.91 Å². The van der Waals surface area contributed by atoms with Crippen molar-refractivity contribution in [1.29, 1.82) is 0 Å². The Hall–Kier alpha value is -1.35. The molecular weight excluding hydrogens is 308 g/mol. The summed E-state index contributed by atoms with van der Waals surface area (Å²) >= 11 is 0. The Kier molecular flexibility index (Phi) is 3.99. The minimum Gasteiger partial charge on any atom is -0.350 e. The first-order chi connectivity index (χ1) is 11.8. The Morgan fingerprint density at radius 2 is 1.76 bits per heavy atom. The normalized spacial score (nSPS) is 37.2. The number of hydrogen-bond donors (Lipinski definition) is 2. The van der Waals surface area contributed by atoms with Crippen LogP contribution in [-0.2, 0) is 10.2 Å². The molecule has 136 valence electrons. The molecule has 3 fully saturated rings. The molecule has 1 aromatic carbocycles. The van der Waals surface area contributed by atoms with Crippen LogP contribution in [0.4, 0.5) is 0 Å². The van der Waals surface area contributed by atoms with Crippen LogP contribution in [0.3, 0.4) is 0 Å². The van der Waals surface area contributed by atoms with Crippen molar-refractivity contribution in [1.82, 2.24) is 10.6 Å². The van der Waals surface area contributed by atoms with Gasteiger partial charge in [0, 0.05) is 18.5 Å². The molecule has 4 rings (SSSR count). The van der Waals surface area contributed by atoms with E-state index in [1.54, 1.807) is 0 Å². The molecule has 2 saturated carbocycles. The van der Waals surface area contributed by atoms with Crippen molar-refractivity contribution in [3.05, 3.63) is 35.9 Å². The maximum atomic E-state index is 13.2. The lowest BCUT2D eigenvalue weighted by Crippen LogP contribution is -2.61. The summed E-state index contributed by atoms with van der Waals surface area (Å²) in [5.74, 6) is 0.927. The highest BCUT2D eigenvalue weighted by atomic mass is 16.2. The molecule has 1 saturated heterocycles. The average molecular weight is 341 g/mol. The Bertz CT molecular complexity index is 651. The van der Waals surface area contributed by atoms with Gasteiger partial charge in [0.1, 0.15) is 0 Å². The minimum atomic E-state index is -0.245. The van der Waals surface area contributed by atoms with E-state index in [1.165, 1.54) is 24.8 Å². The van der Waals surface area contributed by atoms with Crippen LogP contribution in [-0.4, -0.2) is 25.0 Å². The summed E-state index contributed by atoms with van der Waals surface area (Å²) in [6.45, 7) is 8.89.